The fraction of sp³-hybridized carbons (Fsp3) is 0.200. The zero-order valence-corrected chi connectivity index (χ0v) is 18.7. The number of aromatic hydroxyl groups is 1. The van der Waals surface area contributed by atoms with E-state index in [-0.39, 0.29) is 17.4 Å². The number of ether oxygens (including phenoxy) is 1. The van der Waals surface area contributed by atoms with E-state index < -0.39 is 17.8 Å². The molecule has 1 atom stereocenters. The van der Waals surface area contributed by atoms with Crippen LogP contribution < -0.4 is 9.61 Å². The Kier molecular flexibility index (Phi) is 7.02. The molecule has 1 unspecified atom stereocenters. The molecule has 0 radical (unpaired) electrons. The molecule has 176 valence electrons. The molecule has 1 N–H and O–H groups in total. The molecule has 4 aromatic rings. The van der Waals surface area contributed by atoms with Crippen molar-refractivity contribution in [2.75, 3.05) is 6.61 Å². The number of halogens is 3. The SMILES string of the molecule is O=c1scc(O)n1C(CCc1ccncc1)COc1ccc(-c2cccc(C(F)(F)F)c2)cc1. The summed E-state index contributed by atoms with van der Waals surface area (Å²) < 4.78 is 46.2. The van der Waals surface area contributed by atoms with Crippen LogP contribution in [-0.4, -0.2) is 21.3 Å². The monoisotopic (exact) mass is 486 g/mol. The van der Waals surface area contributed by atoms with E-state index >= 15 is 0 Å². The standard InChI is InChI=1S/C25H21F3N2O3S/c26-25(27,28)20-3-1-2-19(14-20)18-5-8-22(9-6-18)33-15-21(30-23(31)16-34-24(30)32)7-4-17-10-12-29-13-11-17/h1-3,5-6,8-14,16,21,31H,4,7,15H2. The van der Waals surface area contributed by atoms with Crippen LogP contribution in [0.25, 0.3) is 11.1 Å². The first kappa shape index (κ1) is 23.6. The van der Waals surface area contributed by atoms with Crippen LogP contribution in [0.5, 0.6) is 11.6 Å². The predicted molar refractivity (Wildman–Crippen MR) is 124 cm³/mol. The molecule has 5 nitrogen and oxygen atoms in total. The van der Waals surface area contributed by atoms with Crippen LogP contribution in [0.2, 0.25) is 0 Å². The molecule has 0 saturated heterocycles. The van der Waals surface area contributed by atoms with Gasteiger partial charge >= 0.3 is 11.0 Å². The van der Waals surface area contributed by atoms with Crippen LogP contribution in [0, 0.1) is 0 Å². The lowest BCUT2D eigenvalue weighted by molar-refractivity contribution is -0.137. The van der Waals surface area contributed by atoms with Crippen molar-refractivity contribution in [3.63, 3.8) is 0 Å². The minimum atomic E-state index is -4.41. The van der Waals surface area contributed by atoms with E-state index in [1.54, 1.807) is 42.7 Å². The van der Waals surface area contributed by atoms with Gasteiger partial charge in [0.05, 0.1) is 17.0 Å². The van der Waals surface area contributed by atoms with Gasteiger partial charge in [-0.2, -0.15) is 13.2 Å². The van der Waals surface area contributed by atoms with Gasteiger partial charge in [-0.05, 0) is 65.9 Å². The second-order valence-corrected chi connectivity index (χ2v) is 8.51. The zero-order chi connectivity index (χ0) is 24.1. The number of thiazole rings is 1. The quantitative estimate of drug-likeness (QED) is 0.334. The molecular weight excluding hydrogens is 465 g/mol. The summed E-state index contributed by atoms with van der Waals surface area (Å²) in [4.78, 5) is 16.0. The Hall–Kier alpha value is -3.59. The van der Waals surface area contributed by atoms with Crippen molar-refractivity contribution in [1.29, 1.82) is 0 Å². The third-order valence-electron chi connectivity index (χ3n) is 5.41. The minimum absolute atomic E-state index is 0.113. The van der Waals surface area contributed by atoms with Crippen LogP contribution >= 0.6 is 11.3 Å². The first-order valence-electron chi connectivity index (χ1n) is 10.5. The number of aryl methyl sites for hydroxylation is 1. The van der Waals surface area contributed by atoms with Gasteiger partial charge in [-0.15, -0.1) is 0 Å². The minimum Gasteiger partial charge on any atom is -0.494 e. The van der Waals surface area contributed by atoms with Crippen LogP contribution in [-0.2, 0) is 12.6 Å². The van der Waals surface area contributed by atoms with Gasteiger partial charge in [-0.3, -0.25) is 14.3 Å². The normalized spacial score (nSPS) is 12.4. The number of benzene rings is 2. The van der Waals surface area contributed by atoms with Gasteiger partial charge < -0.3 is 9.84 Å². The highest BCUT2D eigenvalue weighted by molar-refractivity contribution is 7.07. The molecule has 0 spiro atoms. The Morgan fingerprint density at radius 3 is 2.41 bits per heavy atom. The highest BCUT2D eigenvalue weighted by atomic mass is 32.1. The highest BCUT2D eigenvalue weighted by Crippen LogP contribution is 2.32. The maximum absolute atomic E-state index is 13.0. The number of rotatable bonds is 8. The number of hydrogen-bond acceptors (Lipinski definition) is 5. The molecule has 0 aliphatic carbocycles. The number of pyridine rings is 1. The Morgan fingerprint density at radius 2 is 1.76 bits per heavy atom. The van der Waals surface area contributed by atoms with E-state index in [4.69, 9.17) is 4.74 Å². The van der Waals surface area contributed by atoms with Crippen molar-refractivity contribution in [1.82, 2.24) is 9.55 Å². The van der Waals surface area contributed by atoms with Gasteiger partial charge in [-0.1, -0.05) is 35.6 Å². The van der Waals surface area contributed by atoms with Crippen molar-refractivity contribution in [2.24, 2.45) is 0 Å². The topological polar surface area (TPSA) is 64.3 Å². The molecule has 9 heteroatoms. The summed E-state index contributed by atoms with van der Waals surface area (Å²) in [6.07, 6.45) is 0.195. The third-order valence-corrected chi connectivity index (χ3v) is 6.14. The van der Waals surface area contributed by atoms with Gasteiger partial charge in [0, 0.05) is 12.4 Å². The smallest absolute Gasteiger partial charge is 0.416 e. The average Bonchev–Trinajstić information content (AvgIpc) is 3.17. The lowest BCUT2D eigenvalue weighted by Gasteiger charge is -2.19. The summed E-state index contributed by atoms with van der Waals surface area (Å²) in [6, 6.07) is 15.2. The summed E-state index contributed by atoms with van der Waals surface area (Å²) in [5.74, 6) is 0.394. The summed E-state index contributed by atoms with van der Waals surface area (Å²) in [6.45, 7) is 0.137. The average molecular weight is 487 g/mol. The largest absolute Gasteiger partial charge is 0.494 e. The molecular formula is C25H21F3N2O3S. The molecule has 4 rings (SSSR count). The Labute approximate surface area is 197 Å². The molecule has 0 aliphatic rings. The van der Waals surface area contributed by atoms with Crippen LogP contribution in [0.1, 0.15) is 23.6 Å². The Morgan fingerprint density at radius 1 is 1.03 bits per heavy atom. The van der Waals surface area contributed by atoms with Crippen molar-refractivity contribution >= 4 is 11.3 Å². The first-order chi connectivity index (χ1) is 16.3. The molecule has 2 aromatic heterocycles. The maximum Gasteiger partial charge on any atom is 0.416 e. The van der Waals surface area contributed by atoms with Gasteiger partial charge in [0.2, 0.25) is 5.88 Å². The van der Waals surface area contributed by atoms with Gasteiger partial charge in [0.25, 0.3) is 0 Å². The molecule has 0 aliphatic heterocycles. The van der Waals surface area contributed by atoms with E-state index in [9.17, 15) is 23.1 Å². The molecule has 0 amide bonds. The number of alkyl halides is 3. The Balaban J connectivity index is 1.47. The van der Waals surface area contributed by atoms with E-state index in [2.05, 4.69) is 4.98 Å². The van der Waals surface area contributed by atoms with E-state index in [1.165, 1.54) is 16.0 Å². The third kappa shape index (κ3) is 5.66. The van der Waals surface area contributed by atoms with Crippen molar-refractivity contribution < 1.29 is 23.0 Å². The Bertz CT molecular complexity index is 1290. The van der Waals surface area contributed by atoms with Crippen LogP contribution in [0.3, 0.4) is 0 Å². The van der Waals surface area contributed by atoms with E-state index in [0.717, 1.165) is 29.0 Å². The van der Waals surface area contributed by atoms with Crippen molar-refractivity contribution in [3.05, 3.63) is 99.2 Å². The van der Waals surface area contributed by atoms with Crippen molar-refractivity contribution in [2.45, 2.75) is 25.1 Å². The molecule has 2 heterocycles. The van der Waals surface area contributed by atoms with E-state index in [0.29, 0.717) is 29.7 Å². The lowest BCUT2D eigenvalue weighted by Crippen LogP contribution is -2.25. The number of nitrogens with zero attached hydrogens (tertiary/aromatic N) is 2. The van der Waals surface area contributed by atoms with Gasteiger partial charge in [0.1, 0.15) is 12.4 Å². The summed E-state index contributed by atoms with van der Waals surface area (Å²) in [7, 11) is 0. The summed E-state index contributed by atoms with van der Waals surface area (Å²) in [5.41, 5.74) is 1.42. The first-order valence-corrected chi connectivity index (χ1v) is 11.4. The lowest BCUT2D eigenvalue weighted by atomic mass is 10.0. The fourth-order valence-electron chi connectivity index (χ4n) is 3.63. The van der Waals surface area contributed by atoms with Gasteiger partial charge in [-0.25, -0.2) is 0 Å². The fourth-order valence-corrected chi connectivity index (χ4v) is 4.30. The molecule has 0 saturated carbocycles. The summed E-state index contributed by atoms with van der Waals surface area (Å²) >= 11 is 0.917. The second kappa shape index (κ2) is 10.1. The highest BCUT2D eigenvalue weighted by Gasteiger charge is 2.30. The molecule has 2 aromatic carbocycles. The molecule has 0 fully saturated rings. The van der Waals surface area contributed by atoms with E-state index in [1.807, 2.05) is 12.1 Å². The van der Waals surface area contributed by atoms with Crippen LogP contribution in [0.15, 0.2) is 83.2 Å². The molecule has 34 heavy (non-hydrogen) atoms. The van der Waals surface area contributed by atoms with Crippen LogP contribution in [0.4, 0.5) is 13.2 Å². The molecule has 0 bridgehead atoms. The second-order valence-electron chi connectivity index (χ2n) is 7.69. The predicted octanol–water partition coefficient (Wildman–Crippen LogP) is 5.95. The number of aromatic nitrogens is 2. The zero-order valence-electron chi connectivity index (χ0n) is 17.9. The number of hydrogen-bond donors (Lipinski definition) is 1. The summed E-state index contributed by atoms with van der Waals surface area (Å²) in [5, 5.41) is 11.6. The van der Waals surface area contributed by atoms with Gasteiger partial charge in [0.15, 0.2) is 0 Å². The maximum atomic E-state index is 13.0. The van der Waals surface area contributed by atoms with Crippen molar-refractivity contribution in [3.8, 4) is 22.8 Å².